The maximum absolute atomic E-state index is 2.73. The molecule has 0 unspecified atom stereocenters. The third-order valence-corrected chi connectivity index (χ3v) is 55.2. The van der Waals surface area contributed by atoms with Gasteiger partial charge in [0.2, 0.25) is 0 Å². The van der Waals surface area contributed by atoms with Crippen LogP contribution in [0, 0.1) is 0 Å². The molecule has 2 nitrogen and oxygen atoms in total. The zero-order valence-corrected chi connectivity index (χ0v) is 43.4. The lowest BCUT2D eigenvalue weighted by Crippen LogP contribution is -2.69. The molecule has 0 aliphatic carbocycles. The lowest BCUT2D eigenvalue weighted by Gasteiger charge is -2.40. The number of nitrogens with zero attached hydrogens (tertiary/aromatic N) is 2. The maximum Gasteiger partial charge on any atom is 0.0811 e. The molecule has 0 amide bonds. The van der Waals surface area contributed by atoms with Crippen LogP contribution in [0.5, 0.6) is 0 Å². The van der Waals surface area contributed by atoms with E-state index in [1.165, 1.54) is 95.3 Å². The number of rotatable bonds is 2. The number of aromatic nitrogens is 2. The van der Waals surface area contributed by atoms with E-state index in [-0.39, 0.29) is 0 Å². The highest BCUT2D eigenvalue weighted by Gasteiger charge is 2.49. The van der Waals surface area contributed by atoms with E-state index in [1.807, 2.05) is 0 Å². The molecule has 4 bridgehead atoms. The number of fused-ring (bicyclic) bond motifs is 8. The molecule has 0 saturated heterocycles. The van der Waals surface area contributed by atoms with Crippen molar-refractivity contribution in [1.82, 2.24) is 9.13 Å². The molecule has 5 heterocycles. The van der Waals surface area contributed by atoms with Gasteiger partial charge in [0.1, 0.15) is 0 Å². The highest BCUT2D eigenvalue weighted by atomic mass is 32.1. The van der Waals surface area contributed by atoms with E-state index < -0.39 is 30.4 Å². The van der Waals surface area contributed by atoms with Crippen LogP contribution in [0.2, 0.25) is 52.4 Å². The van der Waals surface area contributed by atoms with Crippen LogP contribution in [0.25, 0.3) is 95.3 Å². The van der Waals surface area contributed by atoms with Crippen LogP contribution < -0.4 is 20.7 Å². The molecule has 64 heavy (non-hydrogen) atoms. The van der Waals surface area contributed by atoms with E-state index in [4.69, 9.17) is 0 Å². The summed E-state index contributed by atoms with van der Waals surface area (Å²) in [5, 5.41) is 17.6. The number of thiophene rings is 2. The van der Waals surface area contributed by atoms with Gasteiger partial charge in [-0.05, 0) is 69.3 Å². The van der Waals surface area contributed by atoms with Gasteiger partial charge in [0.05, 0.1) is 52.4 Å². The zero-order valence-electron chi connectivity index (χ0n) is 37.7. The fourth-order valence-corrected chi connectivity index (χ4v) is 36.7. The predicted molar refractivity (Wildman–Crippen MR) is 296 cm³/mol. The van der Waals surface area contributed by atoms with Crippen molar-refractivity contribution < 1.29 is 0 Å². The third kappa shape index (κ3) is 4.93. The fourth-order valence-electron chi connectivity index (χ4n) is 11.7. The van der Waals surface area contributed by atoms with Crippen LogP contribution in [0.3, 0.4) is 0 Å². The second kappa shape index (κ2) is 13.2. The largest absolute Gasteiger partial charge is 0.309 e. The Morgan fingerprint density at radius 1 is 0.281 bits per heavy atom. The van der Waals surface area contributed by atoms with Crippen molar-refractivity contribution >= 4 is 158 Å². The smallest absolute Gasteiger partial charge is 0.0811 e. The van der Waals surface area contributed by atoms with Crippen molar-refractivity contribution in [3.05, 3.63) is 158 Å². The van der Waals surface area contributed by atoms with Gasteiger partial charge in [0.15, 0.2) is 0 Å². The monoisotopic (exact) mass is 926 g/mol. The molecule has 13 rings (SSSR count). The first-order valence-electron chi connectivity index (χ1n) is 22.8. The minimum absolute atomic E-state index is 1.28. The summed E-state index contributed by atoms with van der Waals surface area (Å²) in [5.41, 5.74) is 7.72. The Kier molecular flexibility index (Phi) is 8.03. The van der Waals surface area contributed by atoms with Gasteiger partial charge in [0, 0.05) is 73.3 Å². The molecule has 12 aromatic rings. The number of para-hydroxylation sites is 4. The van der Waals surface area contributed by atoms with Crippen LogP contribution in [0.1, 0.15) is 0 Å². The molecule has 312 valence electrons. The average Bonchev–Trinajstić information content (AvgIpc) is 4.05. The van der Waals surface area contributed by atoms with Crippen molar-refractivity contribution in [3.63, 3.8) is 0 Å². The highest BCUT2D eigenvalue weighted by Crippen LogP contribution is 2.43. The molecule has 0 N–H and O–H groups in total. The molecule has 0 saturated carbocycles. The van der Waals surface area contributed by atoms with Crippen LogP contribution in [-0.2, 0) is 0 Å². The summed E-state index contributed by atoms with van der Waals surface area (Å²) < 4.78 is 11.3. The van der Waals surface area contributed by atoms with Crippen molar-refractivity contribution in [2.45, 2.75) is 52.4 Å². The quantitative estimate of drug-likeness (QED) is 0.153. The number of benzene rings is 8. The van der Waals surface area contributed by atoms with Gasteiger partial charge in [-0.15, -0.1) is 22.7 Å². The van der Waals surface area contributed by atoms with Crippen molar-refractivity contribution in [2.75, 3.05) is 0 Å². The summed E-state index contributed by atoms with van der Waals surface area (Å²) in [5.74, 6) is 0. The van der Waals surface area contributed by atoms with Gasteiger partial charge in [-0.1, -0.05) is 162 Å². The summed E-state index contributed by atoms with van der Waals surface area (Å²) >= 11 is 4.27. The van der Waals surface area contributed by atoms with E-state index in [0.717, 1.165) is 0 Å². The Hall–Kier alpha value is -5.33. The van der Waals surface area contributed by atoms with E-state index in [0.29, 0.717) is 0 Å². The first-order valence-corrected chi connectivity index (χ1v) is 38.4. The van der Waals surface area contributed by atoms with Crippen molar-refractivity contribution in [1.29, 1.82) is 0 Å². The van der Waals surface area contributed by atoms with E-state index in [9.17, 15) is 0 Å². The first-order chi connectivity index (χ1) is 30.8. The minimum Gasteiger partial charge on any atom is -0.309 e. The first kappa shape index (κ1) is 39.1. The van der Waals surface area contributed by atoms with Crippen molar-refractivity contribution in [3.8, 4) is 11.4 Å². The van der Waals surface area contributed by atoms with Gasteiger partial charge >= 0.3 is 0 Å². The molecule has 1 aliphatic heterocycles. The zero-order chi connectivity index (χ0) is 43.7. The summed E-state index contributed by atoms with van der Waals surface area (Å²) in [6.07, 6.45) is 0. The Morgan fingerprint density at radius 3 is 0.906 bits per heavy atom. The third-order valence-electron chi connectivity index (χ3n) is 16.7. The van der Waals surface area contributed by atoms with Crippen LogP contribution >= 0.6 is 22.7 Å². The predicted octanol–water partition coefficient (Wildman–Crippen LogP) is 14.1. The second-order valence-corrected chi connectivity index (χ2v) is 52.7. The molecule has 8 aromatic carbocycles. The molecule has 4 aromatic heterocycles. The van der Waals surface area contributed by atoms with Gasteiger partial charge < -0.3 is 9.13 Å². The van der Waals surface area contributed by atoms with Crippen LogP contribution in [0.4, 0.5) is 0 Å². The molecule has 8 heteroatoms. The molecule has 0 spiro atoms. The molecular weight excluding hydrogens is 877 g/mol. The van der Waals surface area contributed by atoms with Gasteiger partial charge in [-0.25, -0.2) is 0 Å². The Morgan fingerprint density at radius 2 is 0.562 bits per heavy atom. The molecular formula is C56H50N2S2Si4. The molecule has 0 atom stereocenters. The highest BCUT2D eigenvalue weighted by molar-refractivity contribution is 7.54. The molecule has 0 fully saturated rings. The average molecular weight is 928 g/mol. The fraction of sp³-hybridized carbons (Fsp3) is 0.143. The van der Waals surface area contributed by atoms with E-state index in [2.05, 4.69) is 242 Å². The topological polar surface area (TPSA) is 9.86 Å². The number of hydrogen-bond donors (Lipinski definition) is 0. The summed E-state index contributed by atoms with van der Waals surface area (Å²) in [6.45, 7) is 21.8. The van der Waals surface area contributed by atoms with E-state index >= 15 is 0 Å². The lowest BCUT2D eigenvalue weighted by atomic mass is 10.1. The SMILES string of the molecule is C[Si]1(C)c2cccc3c2sc2c(cc(-n4c5ccccc5c5ccccc54)cc23)[Si](C)(C)[Si](C)(C)c2cccc3c2sc2c(cc(-n4c5ccccc5c5ccccc54)cc23)[Si]1(C)C. The summed E-state index contributed by atoms with van der Waals surface area (Å²) in [6, 6.07) is 61.4. The number of hydrogen-bond acceptors (Lipinski definition) is 2. The van der Waals surface area contributed by atoms with Crippen molar-refractivity contribution in [2.24, 2.45) is 0 Å². The molecule has 1 aliphatic rings. The summed E-state index contributed by atoms with van der Waals surface area (Å²) in [4.78, 5) is 0. The van der Waals surface area contributed by atoms with Gasteiger partial charge in [-0.2, -0.15) is 0 Å². The lowest BCUT2D eigenvalue weighted by molar-refractivity contribution is 1.19. The minimum atomic E-state index is -2.25. The van der Waals surface area contributed by atoms with Gasteiger partial charge in [0.25, 0.3) is 0 Å². The molecule has 0 radical (unpaired) electrons. The van der Waals surface area contributed by atoms with Crippen LogP contribution in [0.15, 0.2) is 158 Å². The van der Waals surface area contributed by atoms with Crippen LogP contribution in [-0.4, -0.2) is 39.5 Å². The Labute approximate surface area is 385 Å². The van der Waals surface area contributed by atoms with Gasteiger partial charge in [-0.3, -0.25) is 0 Å². The Balaban J connectivity index is 1.17. The standard InChI is InChI=1S/C56H50N2S2Si4/c1-61(2)49-29-17-23-41-43-32-36(58-47-27-15-11-21-39(47)40-22-12-16-28-48(40)58)34-52(56(43)59-53(41)49)64(7,8)62(3,4)50-30-18-24-42-44-31-35(33-51(63(61,5)6)55(44)60-54(42)50)57-45-25-13-9-19-37(45)38-20-10-14-26-46(38)57/h9-34H,1-8H3. The summed E-state index contributed by atoms with van der Waals surface area (Å²) in [7, 11) is -8.93. The maximum atomic E-state index is 2.73. The van der Waals surface area contributed by atoms with E-state index in [1.54, 1.807) is 20.7 Å². The Bertz CT molecular complexity index is 3620. The normalized spacial score (nSPS) is 16.6. The second-order valence-electron chi connectivity index (χ2n) is 20.5.